The van der Waals surface area contributed by atoms with Crippen molar-refractivity contribution >= 4 is 11.6 Å². The van der Waals surface area contributed by atoms with E-state index in [1.165, 1.54) is 27.7 Å². The molecule has 0 unspecified atom stereocenters. The molecule has 0 aliphatic carbocycles. The molecule has 0 saturated heterocycles. The highest BCUT2D eigenvalue weighted by Gasteiger charge is 2.17. The number of hydrogen-bond acceptors (Lipinski definition) is 2. The van der Waals surface area contributed by atoms with Gasteiger partial charge < -0.3 is 9.47 Å². The average Bonchev–Trinajstić information content (AvgIpc) is 2.65. The molecule has 1 amide bonds. The van der Waals surface area contributed by atoms with E-state index in [-0.39, 0.29) is 29.4 Å². The number of amides is 1. The van der Waals surface area contributed by atoms with Gasteiger partial charge in [-0.05, 0) is 42.0 Å². The first kappa shape index (κ1) is 16.6. The minimum atomic E-state index is -0.375. The summed E-state index contributed by atoms with van der Waals surface area (Å²) in [5.41, 5.74) is 1.21. The lowest BCUT2D eigenvalue weighted by Crippen LogP contribution is -2.34. The predicted molar refractivity (Wildman–Crippen MR) is 95.4 cm³/mol. The fourth-order valence-corrected chi connectivity index (χ4v) is 2.56. The summed E-state index contributed by atoms with van der Waals surface area (Å²) >= 11 is 0. The van der Waals surface area contributed by atoms with Crippen LogP contribution in [-0.2, 0) is 6.54 Å². The van der Waals surface area contributed by atoms with E-state index >= 15 is 0 Å². The molecule has 0 bridgehead atoms. The molecule has 4 nitrogen and oxygen atoms in total. The molecule has 0 aliphatic heterocycles. The third-order valence-corrected chi connectivity index (χ3v) is 3.96. The molecule has 2 aromatic carbocycles. The number of rotatable bonds is 4. The minimum Gasteiger partial charge on any atom is -0.311 e. The van der Waals surface area contributed by atoms with Crippen LogP contribution in [-0.4, -0.2) is 17.5 Å². The molecular formula is C20H17FN2O2. The van der Waals surface area contributed by atoms with Crippen LogP contribution in [0.4, 0.5) is 10.1 Å². The minimum absolute atomic E-state index is 0.0935. The lowest BCUT2D eigenvalue weighted by Gasteiger charge is -2.17. The standard InChI is InChI=1S/C20H17FN2O2/c1-22(17-6-3-2-4-7-17)19(24)18-8-5-13-23(20(18)25)14-15-9-11-16(21)12-10-15/h2-13H,14H2,1H3. The third kappa shape index (κ3) is 3.66. The Kier molecular flexibility index (Phi) is 4.75. The van der Waals surface area contributed by atoms with Crippen LogP contribution in [0.1, 0.15) is 15.9 Å². The van der Waals surface area contributed by atoms with Crippen LogP contribution in [0.25, 0.3) is 0 Å². The molecule has 5 heteroatoms. The van der Waals surface area contributed by atoms with Crippen LogP contribution in [0.3, 0.4) is 0 Å². The van der Waals surface area contributed by atoms with Gasteiger partial charge >= 0.3 is 0 Å². The van der Waals surface area contributed by atoms with Crippen molar-refractivity contribution in [2.45, 2.75) is 6.54 Å². The van der Waals surface area contributed by atoms with Crippen molar-refractivity contribution in [2.75, 3.05) is 11.9 Å². The molecule has 0 atom stereocenters. The number of aromatic nitrogens is 1. The number of carbonyl (C=O) groups is 1. The molecule has 0 fully saturated rings. The number of nitrogens with zero attached hydrogens (tertiary/aromatic N) is 2. The maximum Gasteiger partial charge on any atom is 0.263 e. The zero-order chi connectivity index (χ0) is 17.8. The third-order valence-electron chi connectivity index (χ3n) is 3.96. The quantitative estimate of drug-likeness (QED) is 0.733. The molecule has 25 heavy (non-hydrogen) atoms. The summed E-state index contributed by atoms with van der Waals surface area (Å²) in [6.07, 6.45) is 1.62. The summed E-state index contributed by atoms with van der Waals surface area (Å²) < 4.78 is 14.4. The molecule has 0 aliphatic rings. The van der Waals surface area contributed by atoms with E-state index in [4.69, 9.17) is 0 Å². The summed E-state index contributed by atoms with van der Waals surface area (Å²) in [4.78, 5) is 26.8. The Balaban J connectivity index is 1.89. The van der Waals surface area contributed by atoms with Crippen molar-refractivity contribution in [2.24, 2.45) is 0 Å². The van der Waals surface area contributed by atoms with Crippen LogP contribution >= 0.6 is 0 Å². The van der Waals surface area contributed by atoms with E-state index < -0.39 is 0 Å². The Morgan fingerprint density at radius 2 is 1.68 bits per heavy atom. The Labute approximate surface area is 144 Å². The van der Waals surface area contributed by atoms with Gasteiger partial charge in [0.05, 0.1) is 6.54 Å². The summed E-state index contributed by atoms with van der Waals surface area (Å²) in [5, 5.41) is 0. The predicted octanol–water partition coefficient (Wildman–Crippen LogP) is 3.31. The average molecular weight is 336 g/mol. The van der Waals surface area contributed by atoms with E-state index in [9.17, 15) is 14.0 Å². The monoisotopic (exact) mass is 336 g/mol. The summed E-state index contributed by atoms with van der Waals surface area (Å²) in [5.74, 6) is -0.700. The molecular weight excluding hydrogens is 319 g/mol. The highest BCUT2D eigenvalue weighted by molar-refractivity contribution is 6.05. The van der Waals surface area contributed by atoms with Crippen molar-refractivity contribution in [1.82, 2.24) is 4.57 Å². The van der Waals surface area contributed by atoms with E-state index in [0.29, 0.717) is 5.69 Å². The number of pyridine rings is 1. The SMILES string of the molecule is CN(C(=O)c1cccn(Cc2ccc(F)cc2)c1=O)c1ccccc1. The fourth-order valence-electron chi connectivity index (χ4n) is 2.56. The Morgan fingerprint density at radius 1 is 1.00 bits per heavy atom. The molecule has 3 aromatic rings. The first-order valence-electron chi connectivity index (χ1n) is 7.83. The molecule has 126 valence electrons. The highest BCUT2D eigenvalue weighted by atomic mass is 19.1. The summed E-state index contributed by atoms with van der Waals surface area (Å²) in [6.45, 7) is 0.273. The van der Waals surface area contributed by atoms with Crippen molar-refractivity contribution in [3.8, 4) is 0 Å². The second-order valence-electron chi connectivity index (χ2n) is 5.68. The van der Waals surface area contributed by atoms with Crippen LogP contribution in [0, 0.1) is 5.82 Å². The van der Waals surface area contributed by atoms with Gasteiger partial charge in [0, 0.05) is 18.9 Å². The number of carbonyl (C=O) groups excluding carboxylic acids is 1. The number of para-hydroxylation sites is 1. The van der Waals surface area contributed by atoms with Gasteiger partial charge in [-0.25, -0.2) is 4.39 Å². The van der Waals surface area contributed by atoms with Gasteiger partial charge in [0.15, 0.2) is 0 Å². The summed E-state index contributed by atoms with van der Waals surface area (Å²) in [6, 6.07) is 18.2. The maximum absolute atomic E-state index is 13.0. The van der Waals surface area contributed by atoms with E-state index in [0.717, 1.165) is 5.56 Å². The molecule has 0 spiro atoms. The molecule has 0 N–H and O–H groups in total. The molecule has 0 saturated carbocycles. The molecule has 0 radical (unpaired) electrons. The van der Waals surface area contributed by atoms with Crippen LogP contribution < -0.4 is 10.5 Å². The fraction of sp³-hybridized carbons (Fsp3) is 0.100. The van der Waals surface area contributed by atoms with Crippen LogP contribution in [0.15, 0.2) is 77.7 Å². The Hall–Kier alpha value is -3.21. The maximum atomic E-state index is 13.0. The van der Waals surface area contributed by atoms with Gasteiger partial charge in [-0.2, -0.15) is 0 Å². The van der Waals surface area contributed by atoms with Crippen LogP contribution in [0.2, 0.25) is 0 Å². The van der Waals surface area contributed by atoms with E-state index in [1.54, 1.807) is 43.6 Å². The first-order chi connectivity index (χ1) is 12.1. The van der Waals surface area contributed by atoms with Crippen LogP contribution in [0.5, 0.6) is 0 Å². The number of halogens is 1. The van der Waals surface area contributed by atoms with Crippen molar-refractivity contribution < 1.29 is 9.18 Å². The highest BCUT2D eigenvalue weighted by Crippen LogP contribution is 2.13. The normalized spacial score (nSPS) is 10.5. The van der Waals surface area contributed by atoms with Gasteiger partial charge in [0.1, 0.15) is 11.4 Å². The summed E-state index contributed by atoms with van der Waals surface area (Å²) in [7, 11) is 1.63. The van der Waals surface area contributed by atoms with Gasteiger partial charge in [-0.1, -0.05) is 30.3 Å². The lowest BCUT2D eigenvalue weighted by atomic mass is 10.2. The van der Waals surface area contributed by atoms with Crippen molar-refractivity contribution in [1.29, 1.82) is 0 Å². The smallest absolute Gasteiger partial charge is 0.263 e. The topological polar surface area (TPSA) is 42.3 Å². The zero-order valence-corrected chi connectivity index (χ0v) is 13.7. The second kappa shape index (κ2) is 7.13. The van der Waals surface area contributed by atoms with Crippen molar-refractivity contribution in [3.63, 3.8) is 0 Å². The molecule has 3 rings (SSSR count). The Bertz CT molecular complexity index is 934. The first-order valence-corrected chi connectivity index (χ1v) is 7.83. The largest absolute Gasteiger partial charge is 0.311 e. The Morgan fingerprint density at radius 3 is 2.36 bits per heavy atom. The lowest BCUT2D eigenvalue weighted by molar-refractivity contribution is 0.0991. The number of anilines is 1. The van der Waals surface area contributed by atoms with E-state index in [1.807, 2.05) is 18.2 Å². The van der Waals surface area contributed by atoms with Gasteiger partial charge in [0.2, 0.25) is 0 Å². The van der Waals surface area contributed by atoms with Gasteiger partial charge in [-0.3, -0.25) is 9.59 Å². The molecule has 1 aromatic heterocycles. The second-order valence-corrected chi connectivity index (χ2v) is 5.68. The van der Waals surface area contributed by atoms with E-state index in [2.05, 4.69) is 0 Å². The van der Waals surface area contributed by atoms with Gasteiger partial charge in [-0.15, -0.1) is 0 Å². The number of benzene rings is 2. The number of hydrogen-bond donors (Lipinski definition) is 0. The zero-order valence-electron chi connectivity index (χ0n) is 13.7. The van der Waals surface area contributed by atoms with Gasteiger partial charge in [0.25, 0.3) is 11.5 Å². The van der Waals surface area contributed by atoms with Crippen molar-refractivity contribution in [3.05, 3.63) is 100 Å². The molecule has 1 heterocycles.